The van der Waals surface area contributed by atoms with Crippen molar-refractivity contribution in [1.29, 1.82) is 0 Å². The molecular weight excluding hydrogens is 320 g/mol. The van der Waals surface area contributed by atoms with Crippen molar-refractivity contribution in [3.8, 4) is 0 Å². The molecule has 0 saturated carbocycles. The van der Waals surface area contributed by atoms with Crippen LogP contribution in [-0.2, 0) is 16.0 Å². The van der Waals surface area contributed by atoms with Crippen LogP contribution in [0.4, 0.5) is 0 Å². The van der Waals surface area contributed by atoms with Crippen molar-refractivity contribution in [3.05, 3.63) is 21.3 Å². The zero-order valence-corrected chi connectivity index (χ0v) is 14.5. The van der Waals surface area contributed by atoms with E-state index in [0.29, 0.717) is 18.4 Å². The van der Waals surface area contributed by atoms with Crippen molar-refractivity contribution in [2.24, 2.45) is 5.92 Å². The second-order valence-electron chi connectivity index (χ2n) is 6.20. The molecule has 1 amide bonds. The fraction of sp³-hybridized carbons (Fsp3) is 0.688. The first-order valence-corrected chi connectivity index (χ1v) is 9.16. The van der Waals surface area contributed by atoms with Gasteiger partial charge in [-0.1, -0.05) is 18.5 Å². The van der Waals surface area contributed by atoms with E-state index in [2.05, 4.69) is 11.8 Å². The summed E-state index contributed by atoms with van der Waals surface area (Å²) in [7, 11) is 0. The van der Waals surface area contributed by atoms with E-state index in [1.54, 1.807) is 11.3 Å². The molecule has 0 aliphatic carbocycles. The molecule has 3 rings (SSSR count). The van der Waals surface area contributed by atoms with Gasteiger partial charge in [0.1, 0.15) is 0 Å². The number of carbonyl (C=O) groups is 1. The number of carbonyl (C=O) groups excluding carboxylic acids is 1. The summed E-state index contributed by atoms with van der Waals surface area (Å²) in [5, 5.41) is 0. The molecule has 0 spiro atoms. The van der Waals surface area contributed by atoms with Gasteiger partial charge in [0.2, 0.25) is 5.91 Å². The Morgan fingerprint density at radius 1 is 1.36 bits per heavy atom. The number of hydrogen-bond acceptors (Lipinski definition) is 4. The smallest absolute Gasteiger partial charge is 0.222 e. The molecule has 0 radical (unpaired) electrons. The van der Waals surface area contributed by atoms with Gasteiger partial charge in [-0.2, -0.15) is 0 Å². The second kappa shape index (κ2) is 7.30. The van der Waals surface area contributed by atoms with Crippen molar-refractivity contribution in [1.82, 2.24) is 9.80 Å². The van der Waals surface area contributed by atoms with Gasteiger partial charge in [-0.15, -0.1) is 11.3 Å². The van der Waals surface area contributed by atoms with E-state index >= 15 is 0 Å². The number of thiophene rings is 1. The topological polar surface area (TPSA) is 32.8 Å². The number of morpholine rings is 1. The molecule has 122 valence electrons. The van der Waals surface area contributed by atoms with Crippen molar-refractivity contribution in [2.75, 3.05) is 39.4 Å². The van der Waals surface area contributed by atoms with Gasteiger partial charge in [0.15, 0.2) is 0 Å². The fourth-order valence-electron chi connectivity index (χ4n) is 3.41. The van der Waals surface area contributed by atoms with Crippen LogP contribution in [0.3, 0.4) is 0 Å². The number of rotatable bonds is 4. The molecule has 0 bridgehead atoms. The van der Waals surface area contributed by atoms with Crippen LogP contribution in [0.25, 0.3) is 0 Å². The first-order chi connectivity index (χ1) is 10.6. The Hall–Kier alpha value is -0.620. The fourth-order valence-corrected chi connectivity index (χ4v) is 4.50. The van der Waals surface area contributed by atoms with Crippen LogP contribution in [0.1, 0.15) is 18.2 Å². The van der Waals surface area contributed by atoms with Gasteiger partial charge in [-0.25, -0.2) is 0 Å². The average molecular weight is 343 g/mol. The standard InChI is InChI=1S/C16H23ClN2O2S/c1-12-10-19(11-14(12)18-6-8-21-9-7-18)16(20)5-3-13-2-4-15(17)22-13/h2,4,12,14H,3,5-11H2,1H3/t12-,14-/m0/s1. The summed E-state index contributed by atoms with van der Waals surface area (Å²) in [5.74, 6) is 0.811. The van der Waals surface area contributed by atoms with Gasteiger partial charge in [-0.05, 0) is 24.5 Å². The predicted octanol–water partition coefficient (Wildman–Crippen LogP) is 2.51. The Bertz CT molecular complexity index is 516. The molecule has 2 atom stereocenters. The molecule has 22 heavy (non-hydrogen) atoms. The van der Waals surface area contributed by atoms with Crippen LogP contribution in [0.2, 0.25) is 4.34 Å². The molecular formula is C16H23ClN2O2S. The molecule has 2 fully saturated rings. The monoisotopic (exact) mass is 342 g/mol. The van der Waals surface area contributed by atoms with E-state index in [9.17, 15) is 4.79 Å². The summed E-state index contributed by atoms with van der Waals surface area (Å²) >= 11 is 7.50. The lowest BCUT2D eigenvalue weighted by Gasteiger charge is -2.34. The van der Waals surface area contributed by atoms with Gasteiger partial charge in [-0.3, -0.25) is 9.69 Å². The maximum Gasteiger partial charge on any atom is 0.222 e. The number of hydrogen-bond donors (Lipinski definition) is 0. The Labute approximate surface area is 141 Å². The third-order valence-corrected chi connectivity index (χ3v) is 5.95. The normalized spacial score (nSPS) is 26.5. The Morgan fingerprint density at radius 3 is 2.82 bits per heavy atom. The molecule has 1 aromatic heterocycles. The lowest BCUT2D eigenvalue weighted by atomic mass is 10.0. The van der Waals surface area contributed by atoms with Gasteiger partial charge < -0.3 is 9.64 Å². The van der Waals surface area contributed by atoms with Crippen molar-refractivity contribution in [3.63, 3.8) is 0 Å². The minimum Gasteiger partial charge on any atom is -0.379 e. The van der Waals surface area contributed by atoms with E-state index in [0.717, 1.165) is 50.1 Å². The molecule has 0 aromatic carbocycles. The highest BCUT2D eigenvalue weighted by Crippen LogP contribution is 2.25. The summed E-state index contributed by atoms with van der Waals surface area (Å²) in [6, 6.07) is 4.41. The zero-order chi connectivity index (χ0) is 15.5. The number of ether oxygens (including phenoxy) is 1. The van der Waals surface area contributed by atoms with E-state index in [4.69, 9.17) is 16.3 Å². The summed E-state index contributed by atoms with van der Waals surface area (Å²) in [6.45, 7) is 7.62. The molecule has 1 aromatic rings. The average Bonchev–Trinajstić information content (AvgIpc) is 3.12. The highest BCUT2D eigenvalue weighted by molar-refractivity contribution is 7.16. The van der Waals surface area contributed by atoms with E-state index in [-0.39, 0.29) is 5.91 Å². The van der Waals surface area contributed by atoms with E-state index in [1.165, 1.54) is 4.88 Å². The summed E-state index contributed by atoms with van der Waals surface area (Å²) in [6.07, 6.45) is 1.38. The van der Waals surface area contributed by atoms with Crippen molar-refractivity contribution in [2.45, 2.75) is 25.8 Å². The minimum absolute atomic E-state index is 0.270. The highest BCUT2D eigenvalue weighted by Gasteiger charge is 2.36. The quantitative estimate of drug-likeness (QED) is 0.843. The van der Waals surface area contributed by atoms with Gasteiger partial charge in [0.25, 0.3) is 0 Å². The Kier molecular flexibility index (Phi) is 5.39. The predicted molar refractivity (Wildman–Crippen MR) is 89.6 cm³/mol. The van der Waals surface area contributed by atoms with Crippen LogP contribution in [0.15, 0.2) is 12.1 Å². The lowest BCUT2D eigenvalue weighted by molar-refractivity contribution is -0.130. The Morgan fingerprint density at radius 2 is 2.14 bits per heavy atom. The number of likely N-dealkylation sites (tertiary alicyclic amines) is 1. The molecule has 0 N–H and O–H groups in total. The van der Waals surface area contributed by atoms with Gasteiger partial charge in [0, 0.05) is 43.5 Å². The Balaban J connectivity index is 1.51. The summed E-state index contributed by atoms with van der Waals surface area (Å²) in [4.78, 5) is 18.2. The van der Waals surface area contributed by atoms with Crippen LogP contribution in [0, 0.1) is 5.92 Å². The third kappa shape index (κ3) is 3.82. The molecule has 6 heteroatoms. The summed E-state index contributed by atoms with van der Waals surface area (Å²) < 4.78 is 6.22. The van der Waals surface area contributed by atoms with Crippen molar-refractivity contribution >= 4 is 28.8 Å². The lowest BCUT2D eigenvalue weighted by Crippen LogP contribution is -2.47. The number of aryl methyl sites for hydroxylation is 1. The van der Waals surface area contributed by atoms with Crippen LogP contribution >= 0.6 is 22.9 Å². The van der Waals surface area contributed by atoms with Crippen LogP contribution in [0.5, 0.6) is 0 Å². The number of nitrogens with zero attached hydrogens (tertiary/aromatic N) is 2. The largest absolute Gasteiger partial charge is 0.379 e. The first-order valence-electron chi connectivity index (χ1n) is 7.97. The van der Waals surface area contributed by atoms with Crippen LogP contribution in [-0.4, -0.2) is 61.1 Å². The number of amides is 1. The molecule has 2 saturated heterocycles. The van der Waals surface area contributed by atoms with Gasteiger partial charge in [0.05, 0.1) is 17.6 Å². The SMILES string of the molecule is C[C@H]1CN(C(=O)CCc2ccc(Cl)s2)C[C@@H]1N1CCOCC1. The van der Waals surface area contributed by atoms with E-state index in [1.807, 2.05) is 17.0 Å². The summed E-state index contributed by atoms with van der Waals surface area (Å²) in [5.41, 5.74) is 0. The molecule has 2 aliphatic heterocycles. The molecule has 0 unspecified atom stereocenters. The maximum atomic E-state index is 12.5. The number of halogens is 1. The minimum atomic E-state index is 0.270. The van der Waals surface area contributed by atoms with E-state index < -0.39 is 0 Å². The van der Waals surface area contributed by atoms with Gasteiger partial charge >= 0.3 is 0 Å². The zero-order valence-electron chi connectivity index (χ0n) is 13.0. The second-order valence-corrected chi connectivity index (χ2v) is 8.00. The maximum absolute atomic E-state index is 12.5. The molecule has 2 aliphatic rings. The third-order valence-electron chi connectivity index (χ3n) is 4.65. The highest BCUT2D eigenvalue weighted by atomic mass is 35.5. The molecule has 3 heterocycles. The molecule has 4 nitrogen and oxygen atoms in total. The first kappa shape index (κ1) is 16.2. The van der Waals surface area contributed by atoms with Crippen LogP contribution < -0.4 is 0 Å². The van der Waals surface area contributed by atoms with Crippen molar-refractivity contribution < 1.29 is 9.53 Å².